The molecule has 0 amide bonds. The molecular formula is C11H16N2O. The van der Waals surface area contributed by atoms with Crippen LogP contribution < -0.4 is 4.74 Å². The van der Waals surface area contributed by atoms with Crippen molar-refractivity contribution in [2.45, 2.75) is 6.92 Å². The zero-order valence-electron chi connectivity index (χ0n) is 8.90. The molecule has 3 heteroatoms. The van der Waals surface area contributed by atoms with Crippen LogP contribution in [-0.4, -0.2) is 31.9 Å². The third-order valence-corrected chi connectivity index (χ3v) is 1.61. The molecule has 0 saturated carbocycles. The van der Waals surface area contributed by atoms with E-state index in [4.69, 9.17) is 4.74 Å². The lowest BCUT2D eigenvalue weighted by molar-refractivity contribution is 0.340. The van der Waals surface area contributed by atoms with E-state index in [1.807, 2.05) is 51.5 Å². The number of ether oxygens (including phenoxy) is 1. The molecule has 14 heavy (non-hydrogen) atoms. The predicted molar refractivity (Wildman–Crippen MR) is 58.9 cm³/mol. The monoisotopic (exact) mass is 192 g/mol. The third kappa shape index (κ3) is 3.47. The van der Waals surface area contributed by atoms with Gasteiger partial charge in [0.25, 0.3) is 0 Å². The van der Waals surface area contributed by atoms with Gasteiger partial charge in [-0.1, -0.05) is 12.1 Å². The fourth-order valence-corrected chi connectivity index (χ4v) is 1.03. The first kappa shape index (κ1) is 10.6. The molecule has 1 rings (SSSR count). The first-order valence-corrected chi connectivity index (χ1v) is 4.66. The van der Waals surface area contributed by atoms with Crippen LogP contribution in [-0.2, 0) is 0 Å². The molecule has 0 N–H and O–H groups in total. The van der Waals surface area contributed by atoms with E-state index in [9.17, 15) is 0 Å². The lowest BCUT2D eigenvalue weighted by Gasteiger charge is -2.04. The molecular weight excluding hydrogens is 176 g/mol. The van der Waals surface area contributed by atoms with Crippen molar-refractivity contribution in [3.05, 3.63) is 29.8 Å². The average molecular weight is 192 g/mol. The van der Waals surface area contributed by atoms with Crippen molar-refractivity contribution in [2.75, 3.05) is 20.7 Å². The Morgan fingerprint density at radius 1 is 1.43 bits per heavy atom. The highest BCUT2D eigenvalue weighted by molar-refractivity contribution is 5.79. The molecule has 1 aromatic rings. The van der Waals surface area contributed by atoms with Gasteiger partial charge in [-0.25, -0.2) is 0 Å². The fourth-order valence-electron chi connectivity index (χ4n) is 1.03. The van der Waals surface area contributed by atoms with Crippen LogP contribution in [0.5, 0.6) is 5.75 Å². The van der Waals surface area contributed by atoms with E-state index in [0.29, 0.717) is 6.61 Å². The molecule has 0 bridgehead atoms. The van der Waals surface area contributed by atoms with Crippen LogP contribution in [0.25, 0.3) is 0 Å². The molecule has 0 aromatic heterocycles. The normalized spacial score (nSPS) is 10.5. The summed E-state index contributed by atoms with van der Waals surface area (Å²) in [6.07, 6.45) is 1.81. The Bertz CT molecular complexity index is 308. The number of rotatable bonds is 4. The van der Waals surface area contributed by atoms with Crippen molar-refractivity contribution in [2.24, 2.45) is 5.10 Å². The van der Waals surface area contributed by atoms with Gasteiger partial charge in [0.05, 0.1) is 12.8 Å². The number of hydrogen-bond acceptors (Lipinski definition) is 3. The lowest BCUT2D eigenvalue weighted by Crippen LogP contribution is -2.02. The van der Waals surface area contributed by atoms with Crippen LogP contribution in [0.15, 0.2) is 29.4 Å². The smallest absolute Gasteiger partial charge is 0.119 e. The van der Waals surface area contributed by atoms with E-state index in [0.717, 1.165) is 11.3 Å². The van der Waals surface area contributed by atoms with Gasteiger partial charge in [-0.3, -0.25) is 0 Å². The SMILES string of the molecule is CCOc1cccc(/C=N/N(C)C)c1. The molecule has 0 radical (unpaired) electrons. The second-order valence-corrected chi connectivity index (χ2v) is 3.10. The molecule has 0 saturated heterocycles. The molecule has 0 unspecified atom stereocenters. The maximum atomic E-state index is 5.38. The molecule has 76 valence electrons. The van der Waals surface area contributed by atoms with Crippen molar-refractivity contribution in [3.8, 4) is 5.75 Å². The van der Waals surface area contributed by atoms with Gasteiger partial charge in [-0.15, -0.1) is 0 Å². The summed E-state index contributed by atoms with van der Waals surface area (Å²) in [5.41, 5.74) is 1.05. The minimum absolute atomic E-state index is 0.689. The van der Waals surface area contributed by atoms with Crippen molar-refractivity contribution in [1.29, 1.82) is 0 Å². The van der Waals surface area contributed by atoms with E-state index in [-0.39, 0.29) is 0 Å². The first-order chi connectivity index (χ1) is 6.72. The summed E-state index contributed by atoms with van der Waals surface area (Å²) in [6.45, 7) is 2.66. The maximum absolute atomic E-state index is 5.38. The molecule has 3 nitrogen and oxygen atoms in total. The standard InChI is InChI=1S/C11H16N2O/c1-4-14-11-7-5-6-10(8-11)9-12-13(2)3/h5-9H,4H2,1-3H3/b12-9+. The summed E-state index contributed by atoms with van der Waals surface area (Å²) in [7, 11) is 3.78. The molecule has 0 aliphatic rings. The van der Waals surface area contributed by atoms with Gasteiger partial charge in [0.15, 0.2) is 0 Å². The van der Waals surface area contributed by atoms with Gasteiger partial charge in [0, 0.05) is 14.1 Å². The van der Waals surface area contributed by atoms with Crippen LogP contribution in [0.2, 0.25) is 0 Å². The van der Waals surface area contributed by atoms with E-state index in [1.54, 1.807) is 5.01 Å². The zero-order chi connectivity index (χ0) is 10.4. The fraction of sp³-hybridized carbons (Fsp3) is 0.364. The largest absolute Gasteiger partial charge is 0.494 e. The van der Waals surface area contributed by atoms with Crippen molar-refractivity contribution in [3.63, 3.8) is 0 Å². The van der Waals surface area contributed by atoms with Crippen LogP contribution in [0.1, 0.15) is 12.5 Å². The Morgan fingerprint density at radius 2 is 2.21 bits per heavy atom. The Morgan fingerprint density at radius 3 is 2.86 bits per heavy atom. The maximum Gasteiger partial charge on any atom is 0.119 e. The van der Waals surface area contributed by atoms with Gasteiger partial charge in [0.2, 0.25) is 0 Å². The highest BCUT2D eigenvalue weighted by Gasteiger charge is 1.93. The molecule has 0 heterocycles. The van der Waals surface area contributed by atoms with Gasteiger partial charge >= 0.3 is 0 Å². The van der Waals surface area contributed by atoms with Crippen LogP contribution >= 0.6 is 0 Å². The molecule has 0 spiro atoms. The molecule has 1 aromatic carbocycles. The quantitative estimate of drug-likeness (QED) is 0.538. The van der Waals surface area contributed by atoms with Crippen molar-refractivity contribution >= 4 is 6.21 Å². The van der Waals surface area contributed by atoms with Crippen molar-refractivity contribution < 1.29 is 4.74 Å². The summed E-state index contributed by atoms with van der Waals surface area (Å²) in [5.74, 6) is 0.884. The number of hydrogen-bond donors (Lipinski definition) is 0. The molecule has 0 aliphatic heterocycles. The summed E-state index contributed by atoms with van der Waals surface area (Å²) in [5, 5.41) is 5.91. The number of benzene rings is 1. The van der Waals surface area contributed by atoms with Crippen LogP contribution in [0.4, 0.5) is 0 Å². The Balaban J connectivity index is 2.73. The van der Waals surface area contributed by atoms with Gasteiger partial charge in [0.1, 0.15) is 5.75 Å². The predicted octanol–water partition coefficient (Wildman–Crippen LogP) is 1.98. The van der Waals surface area contributed by atoms with Crippen LogP contribution in [0.3, 0.4) is 0 Å². The summed E-state index contributed by atoms with van der Waals surface area (Å²) in [6, 6.07) is 7.87. The molecule has 0 fully saturated rings. The Hall–Kier alpha value is -1.51. The second-order valence-electron chi connectivity index (χ2n) is 3.10. The van der Waals surface area contributed by atoms with Crippen LogP contribution in [0, 0.1) is 0 Å². The first-order valence-electron chi connectivity index (χ1n) is 4.66. The third-order valence-electron chi connectivity index (χ3n) is 1.61. The van der Waals surface area contributed by atoms with E-state index < -0.39 is 0 Å². The topological polar surface area (TPSA) is 24.8 Å². The van der Waals surface area contributed by atoms with Gasteiger partial charge in [-0.05, 0) is 24.6 Å². The second kappa shape index (κ2) is 5.27. The zero-order valence-corrected chi connectivity index (χ0v) is 8.90. The average Bonchev–Trinajstić information content (AvgIpc) is 2.16. The lowest BCUT2D eigenvalue weighted by atomic mass is 10.2. The number of nitrogens with zero attached hydrogens (tertiary/aromatic N) is 2. The highest BCUT2D eigenvalue weighted by atomic mass is 16.5. The number of hydrazone groups is 1. The van der Waals surface area contributed by atoms with Gasteiger partial charge in [-0.2, -0.15) is 5.10 Å². The van der Waals surface area contributed by atoms with E-state index in [1.165, 1.54) is 0 Å². The Kier molecular flexibility index (Phi) is 3.98. The molecule has 0 aliphatic carbocycles. The molecule has 0 atom stereocenters. The van der Waals surface area contributed by atoms with Gasteiger partial charge < -0.3 is 9.75 Å². The summed E-state index contributed by atoms with van der Waals surface area (Å²) < 4.78 is 5.38. The minimum atomic E-state index is 0.689. The van der Waals surface area contributed by atoms with E-state index in [2.05, 4.69) is 5.10 Å². The summed E-state index contributed by atoms with van der Waals surface area (Å²) >= 11 is 0. The summed E-state index contributed by atoms with van der Waals surface area (Å²) in [4.78, 5) is 0. The minimum Gasteiger partial charge on any atom is -0.494 e. The van der Waals surface area contributed by atoms with Crippen molar-refractivity contribution in [1.82, 2.24) is 5.01 Å². The highest BCUT2D eigenvalue weighted by Crippen LogP contribution is 2.11. The van der Waals surface area contributed by atoms with E-state index >= 15 is 0 Å². The Labute approximate surface area is 85.0 Å².